The third kappa shape index (κ3) is 4.23. The van der Waals surface area contributed by atoms with Crippen LogP contribution in [0.4, 0.5) is 10.1 Å². The third-order valence-corrected chi connectivity index (χ3v) is 6.44. The van der Waals surface area contributed by atoms with Gasteiger partial charge in [-0.3, -0.25) is 0 Å². The van der Waals surface area contributed by atoms with Gasteiger partial charge >= 0.3 is 0 Å². The molecule has 28 heavy (non-hydrogen) atoms. The molecule has 4 rings (SSSR count). The molecular formula is C24H31FN2O. The van der Waals surface area contributed by atoms with Gasteiger partial charge in [-0.2, -0.15) is 0 Å². The topological polar surface area (TPSA) is 26.7 Å². The van der Waals surface area contributed by atoms with Gasteiger partial charge in [-0.1, -0.05) is 31.2 Å². The number of halogens is 1. The summed E-state index contributed by atoms with van der Waals surface area (Å²) < 4.78 is 13.0. The number of rotatable bonds is 6. The monoisotopic (exact) mass is 382 g/mol. The number of hydrogen-bond acceptors (Lipinski definition) is 3. The van der Waals surface area contributed by atoms with Crippen molar-refractivity contribution in [2.75, 3.05) is 31.1 Å². The van der Waals surface area contributed by atoms with E-state index >= 15 is 0 Å². The average Bonchev–Trinajstić information content (AvgIpc) is 3.16. The number of aliphatic hydroxyl groups is 1. The van der Waals surface area contributed by atoms with Gasteiger partial charge in [0.1, 0.15) is 5.82 Å². The molecule has 1 saturated heterocycles. The lowest BCUT2D eigenvalue weighted by molar-refractivity contribution is 0.173. The van der Waals surface area contributed by atoms with E-state index in [9.17, 15) is 9.50 Å². The van der Waals surface area contributed by atoms with Gasteiger partial charge in [-0.15, -0.1) is 0 Å². The van der Waals surface area contributed by atoms with E-state index in [1.807, 2.05) is 19.1 Å². The van der Waals surface area contributed by atoms with Crippen molar-refractivity contribution in [3.8, 4) is 0 Å². The van der Waals surface area contributed by atoms with Gasteiger partial charge < -0.3 is 14.9 Å². The number of fused-ring (bicyclic) bond motifs is 1. The fourth-order valence-electron chi connectivity index (χ4n) is 4.64. The molecule has 0 radical (unpaired) electrons. The summed E-state index contributed by atoms with van der Waals surface area (Å²) in [5.74, 6) is -0.162. The zero-order valence-electron chi connectivity index (χ0n) is 16.8. The van der Waals surface area contributed by atoms with Gasteiger partial charge in [0.2, 0.25) is 0 Å². The highest BCUT2D eigenvalue weighted by molar-refractivity contribution is 5.60. The number of anilines is 1. The summed E-state index contributed by atoms with van der Waals surface area (Å²) in [6, 6.07) is 14.0. The van der Waals surface area contributed by atoms with Crippen molar-refractivity contribution in [1.82, 2.24) is 4.90 Å². The molecule has 3 nitrogen and oxygen atoms in total. The van der Waals surface area contributed by atoms with Gasteiger partial charge in [0.15, 0.2) is 0 Å². The maximum absolute atomic E-state index is 13.0. The summed E-state index contributed by atoms with van der Waals surface area (Å²) in [6.07, 6.45) is 4.86. The van der Waals surface area contributed by atoms with Crippen molar-refractivity contribution in [3.63, 3.8) is 0 Å². The molecular weight excluding hydrogens is 351 g/mol. The standard InChI is InChI=1S/C24H31FN2O/c1-2-24(28)20-6-5-19-10-16-27(23(19)17-20)22-11-14-26(15-12-22)13-9-18-3-7-21(25)8-4-18/h3-8,17,22,24,28H,2,9-16H2,1H3. The van der Waals surface area contributed by atoms with Crippen molar-refractivity contribution >= 4 is 5.69 Å². The number of piperidine rings is 1. The Balaban J connectivity index is 1.33. The second kappa shape index (κ2) is 8.62. The molecule has 150 valence electrons. The first-order valence-electron chi connectivity index (χ1n) is 10.7. The molecule has 1 unspecified atom stereocenters. The van der Waals surface area contributed by atoms with Crippen LogP contribution < -0.4 is 4.90 Å². The average molecular weight is 383 g/mol. The second-order valence-corrected chi connectivity index (χ2v) is 8.20. The number of aliphatic hydroxyl groups excluding tert-OH is 1. The van der Waals surface area contributed by atoms with Crippen LogP contribution in [0.15, 0.2) is 42.5 Å². The number of likely N-dealkylation sites (tertiary alicyclic amines) is 1. The van der Waals surface area contributed by atoms with E-state index in [2.05, 4.69) is 28.0 Å². The molecule has 2 aliphatic rings. The maximum atomic E-state index is 13.0. The first-order chi connectivity index (χ1) is 13.6. The summed E-state index contributed by atoms with van der Waals surface area (Å²) in [4.78, 5) is 5.12. The smallest absolute Gasteiger partial charge is 0.123 e. The van der Waals surface area contributed by atoms with E-state index in [4.69, 9.17) is 0 Å². The Bertz CT molecular complexity index is 784. The third-order valence-electron chi connectivity index (χ3n) is 6.44. The summed E-state index contributed by atoms with van der Waals surface area (Å²) >= 11 is 0. The van der Waals surface area contributed by atoms with E-state index in [-0.39, 0.29) is 11.9 Å². The summed E-state index contributed by atoms with van der Waals surface area (Å²) in [5, 5.41) is 10.2. The van der Waals surface area contributed by atoms with Crippen molar-refractivity contribution in [3.05, 3.63) is 65.0 Å². The first kappa shape index (κ1) is 19.4. The minimum absolute atomic E-state index is 0.162. The number of nitrogens with zero attached hydrogens (tertiary/aromatic N) is 2. The molecule has 2 aromatic rings. The van der Waals surface area contributed by atoms with Gasteiger partial charge in [-0.25, -0.2) is 4.39 Å². The summed E-state index contributed by atoms with van der Waals surface area (Å²) in [7, 11) is 0. The molecule has 2 aliphatic heterocycles. The number of hydrogen-bond donors (Lipinski definition) is 1. The quantitative estimate of drug-likeness (QED) is 0.805. The minimum Gasteiger partial charge on any atom is -0.388 e. The zero-order valence-corrected chi connectivity index (χ0v) is 16.8. The van der Waals surface area contributed by atoms with Crippen LogP contribution in [0.25, 0.3) is 0 Å². The Morgan fingerprint density at radius 2 is 1.82 bits per heavy atom. The first-order valence-corrected chi connectivity index (χ1v) is 10.7. The van der Waals surface area contributed by atoms with E-state index in [0.717, 1.165) is 51.0 Å². The van der Waals surface area contributed by atoms with E-state index in [1.165, 1.54) is 29.7 Å². The van der Waals surface area contributed by atoms with Crippen molar-refractivity contribution in [2.45, 2.75) is 51.2 Å². The lowest BCUT2D eigenvalue weighted by Crippen LogP contribution is -2.45. The molecule has 0 amide bonds. The van der Waals surface area contributed by atoms with Gasteiger partial charge in [0.05, 0.1) is 6.10 Å². The molecule has 0 saturated carbocycles. The molecule has 2 aromatic carbocycles. The number of benzene rings is 2. The highest BCUT2D eigenvalue weighted by atomic mass is 19.1. The fourth-order valence-corrected chi connectivity index (χ4v) is 4.64. The van der Waals surface area contributed by atoms with Gasteiger partial charge in [0, 0.05) is 37.9 Å². The van der Waals surface area contributed by atoms with Crippen LogP contribution in [0.3, 0.4) is 0 Å². The lowest BCUT2D eigenvalue weighted by atomic mass is 10.0. The normalized spacial score (nSPS) is 19.0. The van der Waals surface area contributed by atoms with E-state index < -0.39 is 0 Å². The van der Waals surface area contributed by atoms with Crippen molar-refractivity contribution < 1.29 is 9.50 Å². The summed E-state index contributed by atoms with van der Waals surface area (Å²) in [6.45, 7) is 6.41. The van der Waals surface area contributed by atoms with Crippen molar-refractivity contribution in [1.29, 1.82) is 0 Å². The van der Waals surface area contributed by atoms with Crippen LogP contribution in [0.1, 0.15) is 49.0 Å². The molecule has 0 bridgehead atoms. The molecule has 0 spiro atoms. The molecule has 0 aromatic heterocycles. The SMILES string of the molecule is CCC(O)c1ccc2c(c1)N(C1CCN(CCc3ccc(F)cc3)CC1)CC2. The maximum Gasteiger partial charge on any atom is 0.123 e. The fraction of sp³-hybridized carbons (Fsp3) is 0.500. The molecule has 4 heteroatoms. The molecule has 1 fully saturated rings. The molecule has 1 atom stereocenters. The summed E-state index contributed by atoms with van der Waals surface area (Å²) in [5.41, 5.74) is 5.02. The Kier molecular flexibility index (Phi) is 5.98. The van der Waals surface area contributed by atoms with E-state index in [1.54, 1.807) is 12.1 Å². The Hall–Kier alpha value is -1.91. The van der Waals surface area contributed by atoms with Crippen LogP contribution in [0.2, 0.25) is 0 Å². The molecule has 1 N–H and O–H groups in total. The van der Waals surface area contributed by atoms with Crippen LogP contribution >= 0.6 is 0 Å². The van der Waals surface area contributed by atoms with E-state index in [0.29, 0.717) is 6.04 Å². The Morgan fingerprint density at radius 1 is 1.07 bits per heavy atom. The van der Waals surface area contributed by atoms with Crippen molar-refractivity contribution in [2.24, 2.45) is 0 Å². The van der Waals surface area contributed by atoms with Crippen LogP contribution in [-0.4, -0.2) is 42.2 Å². The highest BCUT2D eigenvalue weighted by Gasteiger charge is 2.29. The lowest BCUT2D eigenvalue weighted by Gasteiger charge is -2.38. The van der Waals surface area contributed by atoms with Crippen LogP contribution in [0.5, 0.6) is 0 Å². The Morgan fingerprint density at radius 3 is 2.54 bits per heavy atom. The zero-order chi connectivity index (χ0) is 19.5. The predicted molar refractivity (Wildman–Crippen MR) is 112 cm³/mol. The second-order valence-electron chi connectivity index (χ2n) is 8.20. The molecule has 0 aliphatic carbocycles. The van der Waals surface area contributed by atoms with Crippen LogP contribution in [-0.2, 0) is 12.8 Å². The molecule has 2 heterocycles. The largest absolute Gasteiger partial charge is 0.388 e. The van der Waals surface area contributed by atoms with Crippen LogP contribution in [0, 0.1) is 5.82 Å². The Labute approximate surface area is 167 Å². The predicted octanol–water partition coefficient (Wildman–Crippen LogP) is 4.34. The highest BCUT2D eigenvalue weighted by Crippen LogP contribution is 2.35. The van der Waals surface area contributed by atoms with Gasteiger partial charge in [-0.05, 0) is 67.0 Å². The van der Waals surface area contributed by atoms with Gasteiger partial charge in [0.25, 0.3) is 0 Å². The minimum atomic E-state index is -0.360.